The van der Waals surface area contributed by atoms with Gasteiger partial charge in [-0.1, -0.05) is 162 Å². The fourth-order valence-electron chi connectivity index (χ4n) is 10.1. The molecule has 0 radical (unpaired) electrons. The van der Waals surface area contributed by atoms with Crippen LogP contribution in [0.2, 0.25) is 0 Å². The third kappa shape index (κ3) is 9.17. The summed E-state index contributed by atoms with van der Waals surface area (Å²) in [5.74, 6) is 0.932. The van der Waals surface area contributed by atoms with Crippen molar-refractivity contribution in [1.29, 1.82) is 0 Å². The van der Waals surface area contributed by atoms with Crippen molar-refractivity contribution in [2.24, 2.45) is 0 Å². The summed E-state index contributed by atoms with van der Waals surface area (Å²) in [7, 11) is 0. The molecular weight excluding hydrogens is 1100 g/mol. The molecule has 8 heteroatoms. The second-order valence-corrected chi connectivity index (χ2v) is 20.4. The largest absolute Gasteiger partial charge is 2.00 e. The topological polar surface area (TPSA) is 33.1 Å². The summed E-state index contributed by atoms with van der Waals surface area (Å²) in [5, 5.41) is 2.12. The molecule has 0 aliphatic carbocycles. The number of nitrogens with zero attached hydrogens (tertiary/aromatic N) is 4. The summed E-state index contributed by atoms with van der Waals surface area (Å²) in [6, 6.07) is 64.1. The van der Waals surface area contributed by atoms with Crippen LogP contribution in [0.15, 0.2) is 177 Å². The van der Waals surface area contributed by atoms with E-state index in [1.807, 2.05) is 100 Å². The van der Waals surface area contributed by atoms with Crippen molar-refractivity contribution < 1.29 is 34.6 Å². The van der Waals surface area contributed by atoms with Gasteiger partial charge in [0.1, 0.15) is 23.1 Å². The first-order valence-corrected chi connectivity index (χ1v) is 24.8. The number of rotatable bonds is 11. The second-order valence-electron chi connectivity index (χ2n) is 20.4. The first-order valence-electron chi connectivity index (χ1n) is 24.8. The molecule has 0 saturated heterocycles. The average Bonchev–Trinajstić information content (AvgIpc) is 3.93. The van der Waals surface area contributed by atoms with E-state index in [-0.39, 0.29) is 32.4 Å². The van der Waals surface area contributed by atoms with Crippen LogP contribution >= 0.6 is 0 Å². The quantitative estimate of drug-likeness (QED) is 0.0955. The predicted molar refractivity (Wildman–Crippen MR) is 297 cm³/mol. The molecule has 0 unspecified atom stereocenters. The maximum atomic E-state index is 15.1. The number of hydrogen-bond donors (Lipinski definition) is 0. The molecule has 11 rings (SSSR count). The normalized spacial score (nSPS) is 12.3. The SMILES string of the molecule is C=Cc1cc(C(C)C)cc(C(C)C)c1-c1cc(Oc2[c-]c3c(cc2)c2ccccc2n3-c2cc(C(C)(C)C)ccn2)[c-]c([N+]2=C=[N+](c3c(-c4ccccc4)cccc3-c3cc(F)cc(F)c3)c3ccccc32)c1.[Pt+2]. The minimum Gasteiger partial charge on any atom is -0.509 e. The molecule has 5 nitrogen and oxygen atoms in total. The van der Waals surface area contributed by atoms with Gasteiger partial charge < -0.3 is 9.30 Å². The fourth-order valence-corrected chi connectivity index (χ4v) is 10.1. The van der Waals surface area contributed by atoms with Crippen LogP contribution in [0.1, 0.15) is 82.6 Å². The van der Waals surface area contributed by atoms with E-state index < -0.39 is 11.6 Å². The van der Waals surface area contributed by atoms with Crippen molar-refractivity contribution in [1.82, 2.24) is 18.7 Å². The average molecular weight is 1150 g/mol. The van der Waals surface area contributed by atoms with Crippen molar-refractivity contribution in [2.75, 3.05) is 0 Å². The van der Waals surface area contributed by atoms with Gasteiger partial charge in [0, 0.05) is 41.4 Å². The van der Waals surface area contributed by atoms with E-state index in [0.29, 0.717) is 39.9 Å². The molecule has 0 saturated carbocycles. The third-order valence-corrected chi connectivity index (χ3v) is 13.8. The van der Waals surface area contributed by atoms with E-state index in [1.165, 1.54) is 28.8 Å². The van der Waals surface area contributed by atoms with Crippen LogP contribution in [0.5, 0.6) is 11.5 Å². The smallest absolute Gasteiger partial charge is 0.509 e. The summed E-state index contributed by atoms with van der Waals surface area (Å²) >= 11 is 0. The minimum atomic E-state index is -0.660. The Morgan fingerprint density at radius 1 is 0.649 bits per heavy atom. The van der Waals surface area contributed by atoms with Crippen molar-refractivity contribution in [3.8, 4) is 50.7 Å². The molecule has 8 aromatic carbocycles. The summed E-state index contributed by atoms with van der Waals surface area (Å²) in [6.45, 7) is 19.8. The molecule has 0 amide bonds. The predicted octanol–water partition coefficient (Wildman–Crippen LogP) is 17.9. The van der Waals surface area contributed by atoms with Crippen molar-refractivity contribution >= 4 is 56.6 Å². The van der Waals surface area contributed by atoms with Gasteiger partial charge in [0.2, 0.25) is 5.69 Å². The Kier molecular flexibility index (Phi) is 13.4. The molecule has 74 heavy (non-hydrogen) atoms. The van der Waals surface area contributed by atoms with E-state index in [1.54, 1.807) is 0 Å². The molecule has 0 fully saturated rings. The molecule has 2 aromatic heterocycles. The maximum absolute atomic E-state index is 15.1. The number of fused-ring (bicyclic) bond motifs is 4. The summed E-state index contributed by atoms with van der Waals surface area (Å²) in [5.41, 5.74) is 14.2. The van der Waals surface area contributed by atoms with E-state index in [9.17, 15) is 0 Å². The summed E-state index contributed by atoms with van der Waals surface area (Å²) in [4.78, 5) is 4.90. The van der Waals surface area contributed by atoms with Crippen LogP contribution in [-0.2, 0) is 26.5 Å². The standard InChI is InChI=1S/C66H54F2N4O.Pt/c1-9-43-30-45(41(2)3)35-58(42(4)5)64(43)47-33-51(38-53(34-47)73-52-26-27-57-56-20-13-14-23-59(56)72(62(57)39-52)63-36-48(28-29-69-63)66(6,7)8)70-40-71(61-25-16-15-24-60(61)70)65-54(44-18-11-10-12-19-44)21-17-22-55(65)46-31-49(67)37-50(68)32-46;/h9-37,41-42H,1H2,2-8H3;/q;+2. The molecular formula is C66H54F2N4OPt+2. The van der Waals surface area contributed by atoms with Crippen molar-refractivity contribution in [3.63, 3.8) is 0 Å². The molecule has 1 aliphatic rings. The third-order valence-electron chi connectivity index (χ3n) is 13.8. The zero-order chi connectivity index (χ0) is 50.7. The molecule has 0 bridgehead atoms. The number of para-hydroxylation sites is 4. The van der Waals surface area contributed by atoms with Gasteiger partial charge in [0.15, 0.2) is 0 Å². The van der Waals surface area contributed by atoms with Gasteiger partial charge in [-0.3, -0.25) is 0 Å². The van der Waals surface area contributed by atoms with Gasteiger partial charge in [0.05, 0.1) is 11.1 Å². The molecule has 3 heterocycles. The fraction of sp³-hybridized carbons (Fsp3) is 0.152. The Morgan fingerprint density at radius 3 is 2.04 bits per heavy atom. The van der Waals surface area contributed by atoms with E-state index in [0.717, 1.165) is 72.9 Å². The van der Waals surface area contributed by atoms with Gasteiger partial charge in [-0.2, -0.15) is 6.07 Å². The van der Waals surface area contributed by atoms with Crippen LogP contribution in [-0.4, -0.2) is 15.6 Å². The van der Waals surface area contributed by atoms with Crippen LogP contribution in [0, 0.1) is 23.8 Å². The minimum absolute atomic E-state index is 0. The number of benzene rings is 8. The van der Waals surface area contributed by atoms with Crippen LogP contribution in [0.25, 0.3) is 67.1 Å². The van der Waals surface area contributed by atoms with Crippen molar-refractivity contribution in [2.45, 2.75) is 65.7 Å². The van der Waals surface area contributed by atoms with Gasteiger partial charge in [-0.15, -0.1) is 29.1 Å². The van der Waals surface area contributed by atoms with Gasteiger partial charge >= 0.3 is 27.1 Å². The van der Waals surface area contributed by atoms with E-state index >= 15 is 8.78 Å². The van der Waals surface area contributed by atoms with E-state index in [4.69, 9.17) is 9.72 Å². The van der Waals surface area contributed by atoms with Crippen molar-refractivity contribution in [3.05, 3.63) is 223 Å². The van der Waals surface area contributed by atoms with Gasteiger partial charge in [-0.25, -0.2) is 13.8 Å². The van der Waals surface area contributed by atoms with Crippen LogP contribution < -0.4 is 13.9 Å². The summed E-state index contributed by atoms with van der Waals surface area (Å²) in [6.07, 6.45) is 3.82. The molecule has 1 aliphatic heterocycles. The Labute approximate surface area is 446 Å². The second kappa shape index (κ2) is 19.9. The van der Waals surface area contributed by atoms with E-state index in [2.05, 4.69) is 144 Å². The summed E-state index contributed by atoms with van der Waals surface area (Å²) < 4.78 is 43.4. The molecule has 366 valence electrons. The first-order chi connectivity index (χ1) is 35.2. The Hall–Kier alpha value is -7.82. The zero-order valence-electron chi connectivity index (χ0n) is 42.4. The monoisotopic (exact) mass is 1150 g/mol. The number of hydrogen-bond acceptors (Lipinski definition) is 2. The molecule has 0 spiro atoms. The number of pyridine rings is 1. The first kappa shape index (κ1) is 49.7. The Balaban J connectivity index is 0.00000626. The Morgan fingerprint density at radius 2 is 1.34 bits per heavy atom. The molecule has 0 N–H and O–H groups in total. The van der Waals surface area contributed by atoms with Gasteiger partial charge in [-0.05, 0) is 109 Å². The number of ether oxygens (including phenoxy) is 1. The maximum Gasteiger partial charge on any atom is 2.00 e. The van der Waals surface area contributed by atoms with Crippen LogP contribution in [0.4, 0.5) is 31.5 Å². The number of aromatic nitrogens is 2. The van der Waals surface area contributed by atoms with Gasteiger partial charge in [0.25, 0.3) is 11.4 Å². The van der Waals surface area contributed by atoms with Crippen LogP contribution in [0.3, 0.4) is 0 Å². The number of halogens is 2. The Bertz CT molecular complexity index is 3890. The zero-order valence-corrected chi connectivity index (χ0v) is 44.6. The molecule has 10 aromatic rings. The molecule has 0 atom stereocenters.